The lowest BCUT2D eigenvalue weighted by Gasteiger charge is -1.92. The first-order valence-electron chi connectivity index (χ1n) is 4.39. The van der Waals surface area contributed by atoms with Crippen LogP contribution in [0.1, 0.15) is 13.8 Å². The van der Waals surface area contributed by atoms with Gasteiger partial charge in [0.25, 0.3) is 0 Å². The van der Waals surface area contributed by atoms with Crippen molar-refractivity contribution in [3.05, 3.63) is 24.3 Å². The summed E-state index contributed by atoms with van der Waals surface area (Å²) in [6.45, 7) is 6.89. The molecule has 0 spiro atoms. The fraction of sp³-hybridized carbons (Fsp3) is 0.600. The van der Waals surface area contributed by atoms with Crippen LogP contribution in [-0.4, -0.2) is 26.4 Å². The molecule has 0 bridgehead atoms. The van der Waals surface area contributed by atoms with Crippen molar-refractivity contribution in [2.75, 3.05) is 26.4 Å². The van der Waals surface area contributed by atoms with Crippen LogP contribution in [0.3, 0.4) is 0 Å². The minimum atomic E-state index is 0.690. The minimum absolute atomic E-state index is 0.690. The number of hydrogen-bond acceptors (Lipinski definition) is 2. The van der Waals surface area contributed by atoms with Gasteiger partial charge in [-0.15, -0.1) is 0 Å². The summed E-state index contributed by atoms with van der Waals surface area (Å²) in [4.78, 5) is 0. The molecule has 0 unspecified atom stereocenters. The lowest BCUT2D eigenvalue weighted by molar-refractivity contribution is 0.177. The molecule has 0 saturated heterocycles. The lowest BCUT2D eigenvalue weighted by Crippen LogP contribution is -1.88. The van der Waals surface area contributed by atoms with E-state index in [2.05, 4.69) is 0 Å². The van der Waals surface area contributed by atoms with Gasteiger partial charge in [0, 0.05) is 13.2 Å². The Morgan fingerprint density at radius 3 is 1.58 bits per heavy atom. The van der Waals surface area contributed by atoms with E-state index in [4.69, 9.17) is 9.47 Å². The molecule has 12 heavy (non-hydrogen) atoms. The van der Waals surface area contributed by atoms with Gasteiger partial charge in [0.1, 0.15) is 0 Å². The van der Waals surface area contributed by atoms with E-state index in [1.54, 1.807) is 0 Å². The molecule has 2 heteroatoms. The maximum Gasteiger partial charge on any atom is 0.0650 e. The standard InChI is InChI=1S/C10H18O2/c1-3-11-9-7-5-6-8-10-12-4-2/h5-8H,3-4,9-10H2,1-2H3/b7-5+,8-6+. The fourth-order valence-corrected chi connectivity index (χ4v) is 0.640. The molecule has 0 amide bonds. The first-order valence-corrected chi connectivity index (χ1v) is 4.39. The smallest absolute Gasteiger partial charge is 0.0650 e. The summed E-state index contributed by atoms with van der Waals surface area (Å²) in [7, 11) is 0. The molecule has 0 rings (SSSR count). The normalized spacial score (nSPS) is 11.8. The molecule has 0 atom stereocenters. The second-order valence-electron chi connectivity index (χ2n) is 2.18. The van der Waals surface area contributed by atoms with Gasteiger partial charge < -0.3 is 9.47 Å². The average molecular weight is 170 g/mol. The molecule has 0 aromatic carbocycles. The highest BCUT2D eigenvalue weighted by molar-refractivity contribution is 5.02. The highest BCUT2D eigenvalue weighted by atomic mass is 16.5. The molecule has 0 aliphatic rings. The highest BCUT2D eigenvalue weighted by Crippen LogP contribution is 1.81. The average Bonchev–Trinajstić information content (AvgIpc) is 2.10. The zero-order valence-corrected chi connectivity index (χ0v) is 7.95. The van der Waals surface area contributed by atoms with Gasteiger partial charge in [-0.25, -0.2) is 0 Å². The van der Waals surface area contributed by atoms with E-state index in [-0.39, 0.29) is 0 Å². The Hall–Kier alpha value is -0.600. The van der Waals surface area contributed by atoms with E-state index in [9.17, 15) is 0 Å². The minimum Gasteiger partial charge on any atom is -0.378 e. The van der Waals surface area contributed by atoms with E-state index < -0.39 is 0 Å². The second kappa shape index (κ2) is 10.4. The molecule has 0 heterocycles. The van der Waals surface area contributed by atoms with Crippen LogP contribution in [-0.2, 0) is 9.47 Å². The Morgan fingerprint density at radius 1 is 0.833 bits per heavy atom. The van der Waals surface area contributed by atoms with Crippen LogP contribution in [0.4, 0.5) is 0 Å². The molecule has 0 radical (unpaired) electrons. The van der Waals surface area contributed by atoms with E-state index in [1.807, 2.05) is 38.2 Å². The van der Waals surface area contributed by atoms with Crippen molar-refractivity contribution in [2.24, 2.45) is 0 Å². The lowest BCUT2D eigenvalue weighted by atomic mass is 10.4. The van der Waals surface area contributed by atoms with E-state index in [0.29, 0.717) is 13.2 Å². The summed E-state index contributed by atoms with van der Waals surface area (Å²) < 4.78 is 10.2. The molecule has 0 fully saturated rings. The van der Waals surface area contributed by atoms with Crippen molar-refractivity contribution in [1.29, 1.82) is 0 Å². The van der Waals surface area contributed by atoms with Crippen LogP contribution < -0.4 is 0 Å². The van der Waals surface area contributed by atoms with Gasteiger partial charge in [-0.2, -0.15) is 0 Å². The second-order valence-corrected chi connectivity index (χ2v) is 2.18. The molecule has 0 aliphatic heterocycles. The van der Waals surface area contributed by atoms with Gasteiger partial charge in [0.05, 0.1) is 13.2 Å². The quantitative estimate of drug-likeness (QED) is 0.430. The molecule has 0 aromatic rings. The Balaban J connectivity index is 3.15. The van der Waals surface area contributed by atoms with Gasteiger partial charge in [-0.05, 0) is 13.8 Å². The molecule has 0 saturated carbocycles. The zero-order valence-electron chi connectivity index (χ0n) is 7.95. The van der Waals surface area contributed by atoms with Crippen LogP contribution in [0.15, 0.2) is 24.3 Å². The Labute approximate surface area is 74.9 Å². The highest BCUT2D eigenvalue weighted by Gasteiger charge is 1.74. The SMILES string of the molecule is CCOC/C=C/C=C/COCC. The third-order valence-corrected chi connectivity index (χ3v) is 1.22. The number of hydrogen-bond donors (Lipinski definition) is 0. The Bertz CT molecular complexity index is 112. The first-order chi connectivity index (χ1) is 5.91. The van der Waals surface area contributed by atoms with Crippen molar-refractivity contribution in [3.8, 4) is 0 Å². The van der Waals surface area contributed by atoms with Gasteiger partial charge in [0.2, 0.25) is 0 Å². The summed E-state index contributed by atoms with van der Waals surface area (Å²) in [5, 5.41) is 0. The Morgan fingerprint density at radius 2 is 1.25 bits per heavy atom. The van der Waals surface area contributed by atoms with Crippen LogP contribution in [0.25, 0.3) is 0 Å². The summed E-state index contributed by atoms with van der Waals surface area (Å²) in [5.74, 6) is 0. The fourth-order valence-electron chi connectivity index (χ4n) is 0.640. The molecular weight excluding hydrogens is 152 g/mol. The molecule has 0 N–H and O–H groups in total. The molecule has 0 aliphatic carbocycles. The maximum atomic E-state index is 5.11. The van der Waals surface area contributed by atoms with Gasteiger partial charge in [0.15, 0.2) is 0 Å². The zero-order chi connectivity index (χ0) is 9.07. The van der Waals surface area contributed by atoms with Gasteiger partial charge in [-0.1, -0.05) is 24.3 Å². The summed E-state index contributed by atoms with van der Waals surface area (Å²) >= 11 is 0. The predicted octanol–water partition coefficient (Wildman–Crippen LogP) is 2.17. The van der Waals surface area contributed by atoms with Crippen LogP contribution in [0.2, 0.25) is 0 Å². The number of allylic oxidation sites excluding steroid dienone is 2. The van der Waals surface area contributed by atoms with Gasteiger partial charge >= 0.3 is 0 Å². The summed E-state index contributed by atoms with van der Waals surface area (Å²) in [5.41, 5.74) is 0. The molecule has 2 nitrogen and oxygen atoms in total. The summed E-state index contributed by atoms with van der Waals surface area (Å²) in [6, 6.07) is 0. The van der Waals surface area contributed by atoms with Crippen LogP contribution in [0, 0.1) is 0 Å². The predicted molar refractivity (Wildman–Crippen MR) is 51.3 cm³/mol. The monoisotopic (exact) mass is 170 g/mol. The molecule has 0 aromatic heterocycles. The van der Waals surface area contributed by atoms with Crippen molar-refractivity contribution in [3.63, 3.8) is 0 Å². The van der Waals surface area contributed by atoms with Crippen molar-refractivity contribution < 1.29 is 9.47 Å². The number of ether oxygens (including phenoxy) is 2. The van der Waals surface area contributed by atoms with Crippen LogP contribution >= 0.6 is 0 Å². The maximum absolute atomic E-state index is 5.11. The molecular formula is C10H18O2. The molecule has 70 valence electrons. The topological polar surface area (TPSA) is 18.5 Å². The van der Waals surface area contributed by atoms with Gasteiger partial charge in [-0.3, -0.25) is 0 Å². The van der Waals surface area contributed by atoms with E-state index in [1.165, 1.54) is 0 Å². The van der Waals surface area contributed by atoms with Crippen LogP contribution in [0.5, 0.6) is 0 Å². The van der Waals surface area contributed by atoms with Crippen molar-refractivity contribution in [2.45, 2.75) is 13.8 Å². The first kappa shape index (κ1) is 11.4. The van der Waals surface area contributed by atoms with Crippen molar-refractivity contribution in [1.82, 2.24) is 0 Å². The van der Waals surface area contributed by atoms with E-state index in [0.717, 1.165) is 13.2 Å². The third kappa shape index (κ3) is 9.40. The third-order valence-electron chi connectivity index (χ3n) is 1.22. The van der Waals surface area contributed by atoms with E-state index >= 15 is 0 Å². The Kier molecular flexibility index (Phi) is 9.88. The number of rotatable bonds is 7. The summed E-state index contributed by atoms with van der Waals surface area (Å²) in [6.07, 6.45) is 7.89. The van der Waals surface area contributed by atoms with Crippen molar-refractivity contribution >= 4 is 0 Å². The largest absolute Gasteiger partial charge is 0.378 e.